The molecule has 1 amide bonds. The summed E-state index contributed by atoms with van der Waals surface area (Å²) >= 11 is 6.15. The number of carbonyl (C=O) groups excluding carboxylic acids is 1. The summed E-state index contributed by atoms with van der Waals surface area (Å²) in [6, 6.07) is 22.7. The van der Waals surface area contributed by atoms with Gasteiger partial charge in [-0.2, -0.15) is 4.72 Å². The van der Waals surface area contributed by atoms with E-state index in [1.54, 1.807) is 4.90 Å². The first-order valence-electron chi connectivity index (χ1n) is 11.4. The van der Waals surface area contributed by atoms with E-state index in [-0.39, 0.29) is 22.2 Å². The van der Waals surface area contributed by atoms with Gasteiger partial charge in [-0.05, 0) is 42.3 Å². The second-order valence-corrected chi connectivity index (χ2v) is 10.4. The molecule has 1 heterocycles. The molecule has 0 spiro atoms. The Kier molecular flexibility index (Phi) is 7.95. The first-order valence-corrected chi connectivity index (χ1v) is 13.2. The lowest BCUT2D eigenvalue weighted by molar-refractivity contribution is -0.133. The Labute approximate surface area is 211 Å². The number of para-hydroxylation sites is 1. The predicted molar refractivity (Wildman–Crippen MR) is 137 cm³/mol. The summed E-state index contributed by atoms with van der Waals surface area (Å²) in [6.07, 6.45) is 0.238. The molecule has 1 aliphatic rings. The maximum Gasteiger partial charge on any atom is 0.241 e. The zero-order valence-electron chi connectivity index (χ0n) is 19.4. The molecule has 0 saturated carbocycles. The highest BCUT2D eigenvalue weighted by atomic mass is 35.5. The number of hydrogen-bond acceptors (Lipinski definition) is 5. The third kappa shape index (κ3) is 6.14. The minimum Gasteiger partial charge on any atom is -0.495 e. The number of nitrogens with zero attached hydrogens (tertiary/aromatic N) is 2. The number of nitrogens with one attached hydrogen (secondary N) is 1. The van der Waals surface area contributed by atoms with E-state index in [2.05, 4.69) is 9.62 Å². The summed E-state index contributed by atoms with van der Waals surface area (Å²) in [6.45, 7) is 2.37. The van der Waals surface area contributed by atoms with Gasteiger partial charge in [-0.25, -0.2) is 8.42 Å². The fraction of sp³-hybridized carbons (Fsp3) is 0.269. The van der Waals surface area contributed by atoms with Crippen LogP contribution in [0.4, 0.5) is 5.69 Å². The van der Waals surface area contributed by atoms with Gasteiger partial charge in [0.25, 0.3) is 0 Å². The number of sulfonamides is 1. The lowest BCUT2D eigenvalue weighted by Gasteiger charge is -2.37. The van der Waals surface area contributed by atoms with Crippen molar-refractivity contribution in [3.63, 3.8) is 0 Å². The minimum atomic E-state index is -4.01. The molecule has 1 N–H and O–H groups in total. The SMILES string of the molecule is COc1ccc(S(=O)(=O)N[C@@H](Cc2ccccc2)C(=O)N2CCN(c3ccccc3)CC2)cc1Cl. The van der Waals surface area contributed by atoms with Crippen LogP contribution in [-0.2, 0) is 21.2 Å². The van der Waals surface area contributed by atoms with Gasteiger partial charge in [0.1, 0.15) is 11.8 Å². The van der Waals surface area contributed by atoms with Gasteiger partial charge < -0.3 is 14.5 Å². The molecule has 0 radical (unpaired) electrons. The molecule has 184 valence electrons. The van der Waals surface area contributed by atoms with Crippen molar-refractivity contribution in [1.29, 1.82) is 0 Å². The fourth-order valence-corrected chi connectivity index (χ4v) is 5.68. The Hall–Kier alpha value is -3.07. The molecule has 9 heteroatoms. The third-order valence-corrected chi connectivity index (χ3v) is 7.79. The molecule has 3 aromatic carbocycles. The van der Waals surface area contributed by atoms with Crippen molar-refractivity contribution in [1.82, 2.24) is 9.62 Å². The van der Waals surface area contributed by atoms with Crippen LogP contribution in [0.25, 0.3) is 0 Å². The number of hydrogen-bond donors (Lipinski definition) is 1. The fourth-order valence-electron chi connectivity index (χ4n) is 4.14. The van der Waals surface area contributed by atoms with Crippen LogP contribution in [0, 0.1) is 0 Å². The lowest BCUT2D eigenvalue weighted by Crippen LogP contribution is -2.55. The molecule has 1 atom stereocenters. The molecule has 1 saturated heterocycles. The van der Waals surface area contributed by atoms with E-state index in [0.717, 1.165) is 11.3 Å². The number of anilines is 1. The van der Waals surface area contributed by atoms with Crippen molar-refractivity contribution >= 4 is 33.2 Å². The number of methoxy groups -OCH3 is 1. The summed E-state index contributed by atoms with van der Waals surface area (Å²) in [4.78, 5) is 17.5. The van der Waals surface area contributed by atoms with Crippen molar-refractivity contribution in [2.24, 2.45) is 0 Å². The van der Waals surface area contributed by atoms with E-state index in [1.165, 1.54) is 25.3 Å². The maximum atomic E-state index is 13.6. The largest absolute Gasteiger partial charge is 0.495 e. The molecular formula is C26H28ClN3O4S. The number of piperazine rings is 1. The van der Waals surface area contributed by atoms with E-state index >= 15 is 0 Å². The van der Waals surface area contributed by atoms with Crippen molar-refractivity contribution in [3.8, 4) is 5.75 Å². The molecule has 0 aromatic heterocycles. The smallest absolute Gasteiger partial charge is 0.241 e. The molecule has 0 aliphatic carbocycles. The summed E-state index contributed by atoms with van der Waals surface area (Å²) in [5, 5.41) is 0.179. The number of carbonyl (C=O) groups is 1. The molecule has 3 aromatic rings. The second kappa shape index (κ2) is 11.1. The Balaban J connectivity index is 1.52. The first-order chi connectivity index (χ1) is 16.9. The van der Waals surface area contributed by atoms with Gasteiger partial charge in [0, 0.05) is 31.9 Å². The molecule has 35 heavy (non-hydrogen) atoms. The van der Waals surface area contributed by atoms with Gasteiger partial charge in [0.2, 0.25) is 15.9 Å². The van der Waals surface area contributed by atoms with Crippen molar-refractivity contribution in [2.45, 2.75) is 17.4 Å². The molecule has 4 rings (SSSR count). The molecule has 7 nitrogen and oxygen atoms in total. The van der Waals surface area contributed by atoms with E-state index in [4.69, 9.17) is 16.3 Å². The average molecular weight is 514 g/mol. The summed E-state index contributed by atoms with van der Waals surface area (Å²) in [5.41, 5.74) is 1.97. The zero-order valence-corrected chi connectivity index (χ0v) is 21.0. The van der Waals surface area contributed by atoms with Crippen LogP contribution < -0.4 is 14.4 Å². The van der Waals surface area contributed by atoms with Crippen LogP contribution in [-0.4, -0.2) is 58.6 Å². The van der Waals surface area contributed by atoms with Crippen LogP contribution in [0.2, 0.25) is 5.02 Å². The Morgan fingerprint density at radius 2 is 1.60 bits per heavy atom. The maximum absolute atomic E-state index is 13.6. The molecule has 1 fully saturated rings. The van der Waals surface area contributed by atoms with E-state index < -0.39 is 16.1 Å². The van der Waals surface area contributed by atoms with Gasteiger partial charge >= 0.3 is 0 Å². The summed E-state index contributed by atoms with van der Waals surface area (Å²) < 4.78 is 34.2. The van der Waals surface area contributed by atoms with Crippen molar-refractivity contribution < 1.29 is 17.9 Å². The van der Waals surface area contributed by atoms with Gasteiger partial charge in [-0.15, -0.1) is 0 Å². The molecule has 1 aliphatic heterocycles. The Morgan fingerprint density at radius 1 is 0.971 bits per heavy atom. The van der Waals surface area contributed by atoms with Crippen LogP contribution >= 0.6 is 11.6 Å². The second-order valence-electron chi connectivity index (χ2n) is 8.31. The van der Waals surface area contributed by atoms with Crippen LogP contribution in [0.1, 0.15) is 5.56 Å². The summed E-state index contributed by atoms with van der Waals surface area (Å²) in [7, 11) is -2.55. The number of benzene rings is 3. The Bertz CT molecular complexity index is 1250. The van der Waals surface area contributed by atoms with Crippen LogP contribution in [0.3, 0.4) is 0 Å². The van der Waals surface area contributed by atoms with Crippen molar-refractivity contribution in [3.05, 3.63) is 89.4 Å². The molecular weight excluding hydrogens is 486 g/mol. The predicted octanol–water partition coefficient (Wildman–Crippen LogP) is 3.59. The number of amides is 1. The van der Waals surface area contributed by atoms with Gasteiger partial charge in [0.05, 0.1) is 17.0 Å². The van der Waals surface area contributed by atoms with E-state index in [0.29, 0.717) is 31.9 Å². The quantitative estimate of drug-likeness (QED) is 0.498. The van der Waals surface area contributed by atoms with Crippen LogP contribution in [0.15, 0.2) is 83.8 Å². The Morgan fingerprint density at radius 3 is 2.20 bits per heavy atom. The van der Waals surface area contributed by atoms with Gasteiger partial charge in [0.15, 0.2) is 0 Å². The zero-order chi connectivity index (χ0) is 24.8. The highest BCUT2D eigenvalue weighted by Crippen LogP contribution is 2.27. The summed E-state index contributed by atoms with van der Waals surface area (Å²) in [5.74, 6) is 0.128. The topological polar surface area (TPSA) is 78.9 Å². The monoisotopic (exact) mass is 513 g/mol. The van der Waals surface area contributed by atoms with Crippen LogP contribution in [0.5, 0.6) is 5.75 Å². The number of ether oxygens (including phenoxy) is 1. The van der Waals surface area contributed by atoms with E-state index in [9.17, 15) is 13.2 Å². The highest BCUT2D eigenvalue weighted by Gasteiger charge is 2.31. The molecule has 0 bridgehead atoms. The number of halogens is 1. The minimum absolute atomic E-state index is 0.0249. The highest BCUT2D eigenvalue weighted by molar-refractivity contribution is 7.89. The molecule has 0 unspecified atom stereocenters. The first kappa shape index (κ1) is 25.0. The lowest BCUT2D eigenvalue weighted by atomic mass is 10.1. The third-order valence-electron chi connectivity index (χ3n) is 6.02. The normalized spacial score (nSPS) is 15.0. The number of rotatable bonds is 8. The van der Waals surface area contributed by atoms with Gasteiger partial charge in [-0.1, -0.05) is 60.1 Å². The van der Waals surface area contributed by atoms with Gasteiger partial charge in [-0.3, -0.25) is 4.79 Å². The average Bonchev–Trinajstić information content (AvgIpc) is 2.89. The van der Waals surface area contributed by atoms with Crippen molar-refractivity contribution in [2.75, 3.05) is 38.2 Å². The standard InChI is InChI=1S/C26H28ClN3O4S/c1-34-25-13-12-22(19-23(25)27)35(32,33)28-24(18-20-8-4-2-5-9-20)26(31)30-16-14-29(15-17-30)21-10-6-3-7-11-21/h2-13,19,24,28H,14-18H2,1H3/t24-/m0/s1. The van der Waals surface area contributed by atoms with E-state index in [1.807, 2.05) is 60.7 Å².